The Labute approximate surface area is 106 Å². The summed E-state index contributed by atoms with van der Waals surface area (Å²) in [4.78, 5) is 22.2. The van der Waals surface area contributed by atoms with E-state index in [1.807, 2.05) is 19.9 Å². The second-order valence-corrected chi connectivity index (χ2v) is 3.88. The number of aliphatic carboxylic acids is 1. The maximum atomic E-state index is 11.9. The summed E-state index contributed by atoms with van der Waals surface area (Å²) < 4.78 is 5.47. The average Bonchev–Trinajstić information content (AvgIpc) is 2.34. The van der Waals surface area contributed by atoms with E-state index in [-0.39, 0.29) is 5.78 Å². The van der Waals surface area contributed by atoms with Gasteiger partial charge >= 0.3 is 5.97 Å². The fourth-order valence-electron chi connectivity index (χ4n) is 1.41. The summed E-state index contributed by atoms with van der Waals surface area (Å²) in [5.41, 5.74) is 1.31. The van der Waals surface area contributed by atoms with Crippen molar-refractivity contribution in [3.63, 3.8) is 0 Å². The van der Waals surface area contributed by atoms with Gasteiger partial charge in [0, 0.05) is 6.08 Å². The van der Waals surface area contributed by atoms with Crippen LogP contribution in [0, 0.1) is 6.92 Å². The van der Waals surface area contributed by atoms with Crippen molar-refractivity contribution < 1.29 is 19.4 Å². The summed E-state index contributed by atoms with van der Waals surface area (Å²) in [6.07, 6.45) is 2.71. The van der Waals surface area contributed by atoms with E-state index < -0.39 is 5.97 Å². The first-order valence-electron chi connectivity index (χ1n) is 5.73. The standard InChI is InChI=1S/C14H16O4/c1-3-8-18-13-6-4-10(2)9-11(13)12(15)5-7-14(16)17/h4-7,9H,3,8H2,1-2H3,(H,16,17)/b7-5+. The quantitative estimate of drug-likeness (QED) is 0.621. The van der Waals surface area contributed by atoms with Gasteiger partial charge in [0.05, 0.1) is 12.2 Å². The van der Waals surface area contributed by atoms with Crippen molar-refractivity contribution in [3.05, 3.63) is 41.5 Å². The van der Waals surface area contributed by atoms with Crippen LogP contribution in [0.3, 0.4) is 0 Å². The van der Waals surface area contributed by atoms with Crippen LogP contribution in [0.15, 0.2) is 30.4 Å². The molecule has 0 unspecified atom stereocenters. The molecule has 0 saturated carbocycles. The van der Waals surface area contributed by atoms with Gasteiger partial charge in [0.15, 0.2) is 5.78 Å². The second kappa shape index (κ2) is 6.59. The molecule has 1 aromatic rings. The molecule has 4 nitrogen and oxygen atoms in total. The van der Waals surface area contributed by atoms with E-state index in [9.17, 15) is 9.59 Å². The Morgan fingerprint density at radius 3 is 2.67 bits per heavy atom. The van der Waals surface area contributed by atoms with E-state index in [1.165, 1.54) is 0 Å². The van der Waals surface area contributed by atoms with Gasteiger partial charge in [-0.3, -0.25) is 4.79 Å². The zero-order chi connectivity index (χ0) is 13.5. The first-order valence-corrected chi connectivity index (χ1v) is 5.73. The van der Waals surface area contributed by atoms with Crippen LogP contribution < -0.4 is 4.74 Å². The van der Waals surface area contributed by atoms with Gasteiger partial charge in [-0.2, -0.15) is 0 Å². The first kappa shape index (κ1) is 14.0. The summed E-state index contributed by atoms with van der Waals surface area (Å²) in [7, 11) is 0. The molecule has 0 aliphatic carbocycles. The van der Waals surface area contributed by atoms with Gasteiger partial charge in [-0.25, -0.2) is 4.79 Å². The van der Waals surface area contributed by atoms with Crippen molar-refractivity contribution >= 4 is 11.8 Å². The SMILES string of the molecule is CCCOc1ccc(C)cc1C(=O)/C=C/C(=O)O. The largest absolute Gasteiger partial charge is 0.493 e. The predicted molar refractivity (Wildman–Crippen MR) is 68.1 cm³/mol. The molecule has 96 valence electrons. The van der Waals surface area contributed by atoms with Crippen molar-refractivity contribution in [2.75, 3.05) is 6.61 Å². The fraction of sp³-hybridized carbons (Fsp3) is 0.286. The van der Waals surface area contributed by atoms with Crippen LogP contribution >= 0.6 is 0 Å². The van der Waals surface area contributed by atoms with Crippen molar-refractivity contribution in [3.8, 4) is 5.75 Å². The number of hydrogen-bond acceptors (Lipinski definition) is 3. The predicted octanol–water partition coefficient (Wildman–Crippen LogP) is 2.61. The maximum Gasteiger partial charge on any atom is 0.328 e. The number of ketones is 1. The molecule has 1 rings (SSSR count). The third-order valence-electron chi connectivity index (χ3n) is 2.24. The van der Waals surface area contributed by atoms with Crippen molar-refractivity contribution in [1.82, 2.24) is 0 Å². The average molecular weight is 248 g/mol. The minimum Gasteiger partial charge on any atom is -0.493 e. The highest BCUT2D eigenvalue weighted by Gasteiger charge is 2.10. The molecule has 0 aliphatic heterocycles. The summed E-state index contributed by atoms with van der Waals surface area (Å²) >= 11 is 0. The Morgan fingerprint density at radius 2 is 2.06 bits per heavy atom. The molecule has 0 spiro atoms. The van der Waals surface area contributed by atoms with E-state index in [0.29, 0.717) is 17.9 Å². The molecule has 0 radical (unpaired) electrons. The molecule has 0 amide bonds. The van der Waals surface area contributed by atoms with Gasteiger partial charge in [-0.05, 0) is 31.6 Å². The van der Waals surface area contributed by atoms with Crippen molar-refractivity contribution in [2.24, 2.45) is 0 Å². The van der Waals surface area contributed by atoms with Crippen LogP contribution in [-0.4, -0.2) is 23.5 Å². The van der Waals surface area contributed by atoms with E-state index in [2.05, 4.69) is 0 Å². The molecule has 18 heavy (non-hydrogen) atoms. The molecule has 0 bridgehead atoms. The Balaban J connectivity index is 3.00. The second-order valence-electron chi connectivity index (χ2n) is 3.88. The Bertz CT molecular complexity index is 475. The number of ether oxygens (including phenoxy) is 1. The molecular formula is C14H16O4. The molecule has 0 aromatic heterocycles. The number of aryl methyl sites for hydroxylation is 1. The van der Waals surface area contributed by atoms with Crippen LogP contribution in [0.4, 0.5) is 0 Å². The van der Waals surface area contributed by atoms with E-state index in [4.69, 9.17) is 9.84 Å². The van der Waals surface area contributed by atoms with E-state index in [0.717, 1.165) is 24.1 Å². The van der Waals surface area contributed by atoms with Crippen LogP contribution in [-0.2, 0) is 4.79 Å². The van der Waals surface area contributed by atoms with E-state index >= 15 is 0 Å². The first-order chi connectivity index (χ1) is 8.54. The molecule has 1 N–H and O–H groups in total. The number of carbonyl (C=O) groups is 2. The van der Waals surface area contributed by atoms with Crippen LogP contribution in [0.2, 0.25) is 0 Å². The summed E-state index contributed by atoms with van der Waals surface area (Å²) in [5, 5.41) is 8.50. The van der Waals surface area contributed by atoms with Gasteiger partial charge in [0.1, 0.15) is 5.75 Å². The summed E-state index contributed by atoms with van der Waals surface area (Å²) in [6, 6.07) is 5.27. The molecule has 0 fully saturated rings. The number of rotatable bonds is 6. The molecule has 0 aliphatic rings. The lowest BCUT2D eigenvalue weighted by Crippen LogP contribution is -2.04. The van der Waals surface area contributed by atoms with Gasteiger partial charge in [0.2, 0.25) is 0 Å². The fourth-order valence-corrected chi connectivity index (χ4v) is 1.41. The van der Waals surface area contributed by atoms with Crippen LogP contribution in [0.1, 0.15) is 29.3 Å². The van der Waals surface area contributed by atoms with Gasteiger partial charge < -0.3 is 9.84 Å². The van der Waals surface area contributed by atoms with Crippen LogP contribution in [0.25, 0.3) is 0 Å². The zero-order valence-corrected chi connectivity index (χ0v) is 10.5. The number of carbonyl (C=O) groups excluding carboxylic acids is 1. The van der Waals surface area contributed by atoms with Gasteiger partial charge in [0.25, 0.3) is 0 Å². The topological polar surface area (TPSA) is 63.6 Å². The highest BCUT2D eigenvalue weighted by molar-refractivity contribution is 6.08. The highest BCUT2D eigenvalue weighted by atomic mass is 16.5. The Hall–Kier alpha value is -2.10. The van der Waals surface area contributed by atoms with Crippen molar-refractivity contribution in [2.45, 2.75) is 20.3 Å². The molecule has 1 aromatic carbocycles. The lowest BCUT2D eigenvalue weighted by atomic mass is 10.1. The number of carboxylic acid groups (broad SMARTS) is 1. The summed E-state index contributed by atoms with van der Waals surface area (Å²) in [5.74, 6) is -1.03. The minimum atomic E-state index is -1.15. The minimum absolute atomic E-state index is 0.368. The smallest absolute Gasteiger partial charge is 0.328 e. The zero-order valence-electron chi connectivity index (χ0n) is 10.5. The molecular weight excluding hydrogens is 232 g/mol. The summed E-state index contributed by atoms with van der Waals surface area (Å²) in [6.45, 7) is 4.35. The third-order valence-corrected chi connectivity index (χ3v) is 2.24. The molecule has 0 saturated heterocycles. The Kier molecular flexibility index (Phi) is 5.11. The normalized spacial score (nSPS) is 10.6. The molecule has 0 atom stereocenters. The third kappa shape index (κ3) is 4.05. The lowest BCUT2D eigenvalue weighted by molar-refractivity contribution is -0.131. The Morgan fingerprint density at radius 1 is 1.33 bits per heavy atom. The number of benzene rings is 1. The molecule has 4 heteroatoms. The number of allylic oxidation sites excluding steroid dienone is 1. The monoisotopic (exact) mass is 248 g/mol. The van der Waals surface area contributed by atoms with Crippen LogP contribution in [0.5, 0.6) is 5.75 Å². The maximum absolute atomic E-state index is 11.9. The van der Waals surface area contributed by atoms with Crippen molar-refractivity contribution in [1.29, 1.82) is 0 Å². The lowest BCUT2D eigenvalue weighted by Gasteiger charge is -2.09. The van der Waals surface area contributed by atoms with E-state index in [1.54, 1.807) is 12.1 Å². The number of hydrogen-bond donors (Lipinski definition) is 1. The highest BCUT2D eigenvalue weighted by Crippen LogP contribution is 2.21. The van der Waals surface area contributed by atoms with Gasteiger partial charge in [-0.15, -0.1) is 0 Å². The van der Waals surface area contributed by atoms with Gasteiger partial charge in [-0.1, -0.05) is 18.6 Å². The number of carboxylic acids is 1. The molecule has 0 heterocycles.